The Kier molecular flexibility index (Phi) is 5.35. The van der Waals surface area contributed by atoms with Crippen LogP contribution in [0.15, 0.2) is 30.3 Å². The van der Waals surface area contributed by atoms with E-state index >= 15 is 0 Å². The number of benzene rings is 1. The van der Waals surface area contributed by atoms with Crippen molar-refractivity contribution in [2.75, 3.05) is 25.5 Å². The van der Waals surface area contributed by atoms with Crippen molar-refractivity contribution >= 4 is 23.6 Å². The van der Waals surface area contributed by atoms with Gasteiger partial charge < -0.3 is 20.3 Å². The number of rotatable bonds is 4. The number of urea groups is 1. The molecular formula is C15H19N3O4. The van der Waals surface area contributed by atoms with E-state index in [0.717, 1.165) is 6.42 Å². The number of nitrogens with one attached hydrogen (secondary N) is 2. The number of likely N-dealkylation sites (tertiary alicyclic amines) is 1. The van der Waals surface area contributed by atoms with Crippen LogP contribution in [0.2, 0.25) is 0 Å². The van der Waals surface area contributed by atoms with Crippen LogP contribution in [0.4, 0.5) is 10.5 Å². The third kappa shape index (κ3) is 3.97. The number of carbonyl (C=O) groups excluding carboxylic acids is 3. The van der Waals surface area contributed by atoms with Crippen LogP contribution in [0.25, 0.3) is 0 Å². The van der Waals surface area contributed by atoms with E-state index in [1.165, 1.54) is 12.0 Å². The van der Waals surface area contributed by atoms with Gasteiger partial charge in [-0.05, 0) is 25.0 Å². The molecule has 1 fully saturated rings. The van der Waals surface area contributed by atoms with Gasteiger partial charge in [0.1, 0.15) is 12.6 Å². The maximum atomic E-state index is 12.3. The van der Waals surface area contributed by atoms with Gasteiger partial charge >= 0.3 is 12.0 Å². The second-order valence-electron chi connectivity index (χ2n) is 4.94. The molecule has 1 saturated heterocycles. The van der Waals surface area contributed by atoms with E-state index in [1.54, 1.807) is 12.1 Å². The molecule has 2 N–H and O–H groups in total. The van der Waals surface area contributed by atoms with Gasteiger partial charge in [-0.3, -0.25) is 9.59 Å². The molecule has 0 saturated carbocycles. The minimum Gasteiger partial charge on any atom is -0.468 e. The number of para-hydroxylation sites is 1. The number of hydrogen-bond donors (Lipinski definition) is 2. The predicted octanol–water partition coefficient (Wildman–Crippen LogP) is 0.972. The average molecular weight is 305 g/mol. The summed E-state index contributed by atoms with van der Waals surface area (Å²) in [5.41, 5.74) is 0.674. The van der Waals surface area contributed by atoms with E-state index in [1.807, 2.05) is 18.2 Å². The Morgan fingerprint density at radius 2 is 2.00 bits per heavy atom. The summed E-state index contributed by atoms with van der Waals surface area (Å²) in [5, 5.41) is 5.25. The SMILES string of the molecule is COC(=O)CNC(=O)C1CCCN1C(=O)Nc1ccccc1. The molecule has 7 heteroatoms. The molecule has 0 spiro atoms. The number of esters is 1. The van der Waals surface area contributed by atoms with Crippen LogP contribution >= 0.6 is 0 Å². The zero-order chi connectivity index (χ0) is 15.9. The molecule has 2 rings (SSSR count). The summed E-state index contributed by atoms with van der Waals surface area (Å²) in [6.07, 6.45) is 1.33. The van der Waals surface area contributed by atoms with Crippen LogP contribution in [0.3, 0.4) is 0 Å². The number of nitrogens with zero attached hydrogens (tertiary/aromatic N) is 1. The van der Waals surface area contributed by atoms with Gasteiger partial charge in [-0.25, -0.2) is 4.79 Å². The normalized spacial score (nSPS) is 17.0. The van der Waals surface area contributed by atoms with E-state index in [0.29, 0.717) is 18.7 Å². The first-order valence-electron chi connectivity index (χ1n) is 7.09. The number of hydrogen-bond acceptors (Lipinski definition) is 4. The molecule has 1 aromatic carbocycles. The van der Waals surface area contributed by atoms with Gasteiger partial charge in [0.2, 0.25) is 5.91 Å². The van der Waals surface area contributed by atoms with E-state index in [-0.39, 0.29) is 18.5 Å². The van der Waals surface area contributed by atoms with Crippen LogP contribution < -0.4 is 10.6 Å². The fourth-order valence-corrected chi connectivity index (χ4v) is 2.35. The summed E-state index contributed by atoms with van der Waals surface area (Å²) in [6.45, 7) is 0.314. The van der Waals surface area contributed by atoms with Gasteiger partial charge in [-0.2, -0.15) is 0 Å². The van der Waals surface area contributed by atoms with Crippen LogP contribution in [0, 0.1) is 0 Å². The Balaban J connectivity index is 1.93. The molecule has 0 aliphatic carbocycles. The molecule has 1 unspecified atom stereocenters. The molecule has 3 amide bonds. The fourth-order valence-electron chi connectivity index (χ4n) is 2.35. The number of methoxy groups -OCH3 is 1. The summed E-state index contributed by atoms with van der Waals surface area (Å²) in [4.78, 5) is 36.9. The van der Waals surface area contributed by atoms with Crippen molar-refractivity contribution in [1.82, 2.24) is 10.2 Å². The topological polar surface area (TPSA) is 87.7 Å². The molecule has 1 heterocycles. The second kappa shape index (κ2) is 7.44. The van der Waals surface area contributed by atoms with Gasteiger partial charge in [-0.15, -0.1) is 0 Å². The minimum absolute atomic E-state index is 0.194. The van der Waals surface area contributed by atoms with Crippen molar-refractivity contribution in [2.45, 2.75) is 18.9 Å². The van der Waals surface area contributed by atoms with E-state index in [2.05, 4.69) is 15.4 Å². The standard InChI is InChI=1S/C15H19N3O4/c1-22-13(19)10-16-14(20)12-8-5-9-18(12)15(21)17-11-6-3-2-4-7-11/h2-4,6-7,12H,5,8-10H2,1H3,(H,16,20)(H,17,21). The maximum absolute atomic E-state index is 12.3. The fraction of sp³-hybridized carbons (Fsp3) is 0.400. The van der Waals surface area contributed by atoms with Crippen LogP contribution in [-0.4, -0.2) is 49.0 Å². The van der Waals surface area contributed by atoms with Crippen LogP contribution in [0.5, 0.6) is 0 Å². The Bertz CT molecular complexity index is 547. The largest absolute Gasteiger partial charge is 0.468 e. The predicted molar refractivity (Wildman–Crippen MR) is 80.2 cm³/mol. The van der Waals surface area contributed by atoms with Gasteiger partial charge in [0.05, 0.1) is 7.11 Å². The highest BCUT2D eigenvalue weighted by atomic mass is 16.5. The summed E-state index contributed by atoms with van der Waals surface area (Å²) in [6, 6.07) is 8.17. The first kappa shape index (κ1) is 15.8. The van der Waals surface area contributed by atoms with Crippen molar-refractivity contribution in [2.24, 2.45) is 0 Å². The van der Waals surface area contributed by atoms with Crippen molar-refractivity contribution in [1.29, 1.82) is 0 Å². The molecule has 1 aliphatic rings. The zero-order valence-corrected chi connectivity index (χ0v) is 12.4. The smallest absolute Gasteiger partial charge is 0.325 e. The Morgan fingerprint density at radius 1 is 1.27 bits per heavy atom. The lowest BCUT2D eigenvalue weighted by atomic mass is 10.2. The van der Waals surface area contributed by atoms with Gasteiger partial charge in [0, 0.05) is 12.2 Å². The highest BCUT2D eigenvalue weighted by Crippen LogP contribution is 2.19. The molecule has 1 aromatic rings. The Morgan fingerprint density at radius 3 is 2.68 bits per heavy atom. The maximum Gasteiger partial charge on any atom is 0.325 e. The van der Waals surface area contributed by atoms with E-state index in [9.17, 15) is 14.4 Å². The highest BCUT2D eigenvalue weighted by molar-refractivity contribution is 5.94. The molecular weight excluding hydrogens is 286 g/mol. The summed E-state index contributed by atoms with van der Waals surface area (Å²) in [7, 11) is 1.25. The minimum atomic E-state index is -0.562. The van der Waals surface area contributed by atoms with Crippen molar-refractivity contribution < 1.29 is 19.1 Å². The first-order chi connectivity index (χ1) is 10.6. The van der Waals surface area contributed by atoms with Crippen molar-refractivity contribution in [3.05, 3.63) is 30.3 Å². The van der Waals surface area contributed by atoms with Gasteiger partial charge in [0.15, 0.2) is 0 Å². The van der Waals surface area contributed by atoms with E-state index < -0.39 is 12.0 Å². The molecule has 22 heavy (non-hydrogen) atoms. The number of carbonyl (C=O) groups is 3. The number of ether oxygens (including phenoxy) is 1. The van der Waals surface area contributed by atoms with Gasteiger partial charge in [0.25, 0.3) is 0 Å². The Labute approximate surface area is 128 Å². The quantitative estimate of drug-likeness (QED) is 0.812. The van der Waals surface area contributed by atoms with E-state index in [4.69, 9.17) is 0 Å². The summed E-state index contributed by atoms with van der Waals surface area (Å²) in [5.74, 6) is -0.863. The number of amides is 3. The third-order valence-corrected chi connectivity index (χ3v) is 3.48. The molecule has 118 valence electrons. The molecule has 1 atom stereocenters. The van der Waals surface area contributed by atoms with Crippen molar-refractivity contribution in [3.8, 4) is 0 Å². The monoisotopic (exact) mass is 305 g/mol. The Hall–Kier alpha value is -2.57. The molecule has 0 radical (unpaired) electrons. The first-order valence-corrected chi connectivity index (χ1v) is 7.09. The lowest BCUT2D eigenvalue weighted by Gasteiger charge is -2.24. The molecule has 0 aromatic heterocycles. The lowest BCUT2D eigenvalue weighted by Crippen LogP contribution is -2.48. The average Bonchev–Trinajstić information content (AvgIpc) is 3.03. The highest BCUT2D eigenvalue weighted by Gasteiger charge is 2.34. The van der Waals surface area contributed by atoms with Crippen LogP contribution in [0.1, 0.15) is 12.8 Å². The molecule has 1 aliphatic heterocycles. The molecule has 7 nitrogen and oxygen atoms in total. The zero-order valence-electron chi connectivity index (χ0n) is 12.4. The number of anilines is 1. The van der Waals surface area contributed by atoms with Gasteiger partial charge in [-0.1, -0.05) is 18.2 Å². The molecule has 0 bridgehead atoms. The second-order valence-corrected chi connectivity index (χ2v) is 4.94. The summed E-state index contributed by atoms with van der Waals surface area (Å²) >= 11 is 0. The third-order valence-electron chi connectivity index (χ3n) is 3.48. The van der Waals surface area contributed by atoms with Crippen LogP contribution in [-0.2, 0) is 14.3 Å². The summed E-state index contributed by atoms with van der Waals surface area (Å²) < 4.78 is 4.47. The lowest BCUT2D eigenvalue weighted by molar-refractivity contribution is -0.141. The van der Waals surface area contributed by atoms with Crippen molar-refractivity contribution in [3.63, 3.8) is 0 Å².